The molecule has 0 unspecified atom stereocenters. The minimum absolute atomic E-state index is 0.477. The maximum absolute atomic E-state index is 10.3. The minimum atomic E-state index is 0.477. The molecule has 17 heavy (non-hydrogen) atoms. The fraction of sp³-hybridized carbons (Fsp3) is 0.467. The molecule has 0 saturated carbocycles. The molecule has 0 aromatic heterocycles. The topological polar surface area (TPSA) is 29.5 Å². The van der Waals surface area contributed by atoms with Crippen molar-refractivity contribution in [3.63, 3.8) is 0 Å². The van der Waals surface area contributed by atoms with E-state index < -0.39 is 0 Å². The third-order valence-corrected chi connectivity index (χ3v) is 3.68. The van der Waals surface area contributed by atoms with Crippen LogP contribution in [0.3, 0.4) is 0 Å². The van der Waals surface area contributed by atoms with Crippen molar-refractivity contribution in [1.29, 1.82) is 0 Å². The predicted molar refractivity (Wildman–Crippen MR) is 70.5 cm³/mol. The molecule has 0 bridgehead atoms. The lowest BCUT2D eigenvalue weighted by molar-refractivity contribution is 0.202. The molecule has 0 atom stereocenters. The van der Waals surface area contributed by atoms with E-state index in [-0.39, 0.29) is 0 Å². The van der Waals surface area contributed by atoms with E-state index in [1.807, 2.05) is 6.92 Å². The Labute approximate surface area is 103 Å². The van der Waals surface area contributed by atoms with Crippen molar-refractivity contribution in [2.75, 3.05) is 13.7 Å². The van der Waals surface area contributed by atoms with Crippen LogP contribution in [-0.2, 0) is 17.6 Å². The molecular weight excluding hydrogens is 212 g/mol. The van der Waals surface area contributed by atoms with E-state index in [1.54, 1.807) is 7.11 Å². The number of methoxy groups -OCH3 is 1. The van der Waals surface area contributed by atoms with Crippen LogP contribution >= 0.6 is 0 Å². The van der Waals surface area contributed by atoms with Crippen LogP contribution in [0.15, 0.2) is 5.57 Å². The van der Waals surface area contributed by atoms with Gasteiger partial charge in [-0.25, -0.2) is 0 Å². The Balaban J connectivity index is 2.54. The smallest absolute Gasteiger partial charge is 0.122 e. The molecule has 2 heteroatoms. The molecule has 2 nitrogen and oxygen atoms in total. The maximum atomic E-state index is 10.3. The second-order valence-electron chi connectivity index (χ2n) is 4.88. The van der Waals surface area contributed by atoms with Gasteiger partial charge >= 0.3 is 0 Å². The van der Waals surface area contributed by atoms with E-state index in [1.165, 1.54) is 22.3 Å². The number of aromatic hydroxyl groups is 1. The van der Waals surface area contributed by atoms with Crippen molar-refractivity contribution in [1.82, 2.24) is 0 Å². The molecule has 1 aromatic carbocycles. The number of ether oxygens (including phenoxy) is 1. The van der Waals surface area contributed by atoms with E-state index in [4.69, 9.17) is 4.74 Å². The Kier molecular flexibility index (Phi) is 3.25. The molecule has 2 rings (SSSR count). The monoisotopic (exact) mass is 232 g/mol. The van der Waals surface area contributed by atoms with Gasteiger partial charge in [-0.15, -0.1) is 0 Å². The van der Waals surface area contributed by atoms with Crippen molar-refractivity contribution in [2.45, 2.75) is 33.6 Å². The van der Waals surface area contributed by atoms with Crippen molar-refractivity contribution >= 4 is 6.08 Å². The minimum Gasteiger partial charge on any atom is -0.507 e. The lowest BCUT2D eigenvalue weighted by atomic mass is 9.91. The summed E-state index contributed by atoms with van der Waals surface area (Å²) < 4.78 is 5.14. The SMILES string of the molecule is COCCc1c(C)c(O)c2c(c1C)C=C(C)C2. The fourth-order valence-corrected chi connectivity index (χ4v) is 2.70. The molecule has 1 aliphatic rings. The number of rotatable bonds is 3. The Morgan fingerprint density at radius 3 is 2.59 bits per heavy atom. The number of phenolic OH excluding ortho intramolecular Hbond substituents is 1. The molecule has 1 aliphatic carbocycles. The molecule has 0 saturated heterocycles. The molecule has 0 heterocycles. The van der Waals surface area contributed by atoms with Gasteiger partial charge in [-0.3, -0.25) is 0 Å². The van der Waals surface area contributed by atoms with Crippen molar-refractivity contribution in [2.24, 2.45) is 0 Å². The fourth-order valence-electron chi connectivity index (χ4n) is 2.70. The van der Waals surface area contributed by atoms with Crippen LogP contribution in [0.1, 0.15) is 34.7 Å². The lowest BCUT2D eigenvalue weighted by Gasteiger charge is -2.16. The largest absolute Gasteiger partial charge is 0.507 e. The van der Waals surface area contributed by atoms with Crippen LogP contribution in [0.5, 0.6) is 5.75 Å². The summed E-state index contributed by atoms with van der Waals surface area (Å²) >= 11 is 0. The first-order chi connectivity index (χ1) is 8.06. The number of fused-ring (bicyclic) bond motifs is 1. The standard InChI is InChI=1S/C15H20O2/c1-9-7-13-10(2)12(5-6-17-4)11(3)15(16)14(13)8-9/h7,16H,5-6,8H2,1-4H3. The van der Waals surface area contributed by atoms with Gasteiger partial charge in [-0.05, 0) is 55.9 Å². The van der Waals surface area contributed by atoms with Crippen LogP contribution < -0.4 is 0 Å². The quantitative estimate of drug-likeness (QED) is 0.867. The number of benzene rings is 1. The van der Waals surface area contributed by atoms with E-state index in [0.29, 0.717) is 12.4 Å². The first kappa shape index (κ1) is 12.2. The molecule has 0 fully saturated rings. The zero-order valence-corrected chi connectivity index (χ0v) is 11.1. The van der Waals surface area contributed by atoms with Crippen LogP contribution in [-0.4, -0.2) is 18.8 Å². The zero-order chi connectivity index (χ0) is 12.6. The second-order valence-corrected chi connectivity index (χ2v) is 4.88. The van der Waals surface area contributed by atoms with Crippen molar-refractivity contribution < 1.29 is 9.84 Å². The highest BCUT2D eigenvalue weighted by atomic mass is 16.5. The van der Waals surface area contributed by atoms with Gasteiger partial charge in [0.15, 0.2) is 0 Å². The molecule has 92 valence electrons. The normalized spacial score (nSPS) is 13.8. The van der Waals surface area contributed by atoms with Gasteiger partial charge < -0.3 is 9.84 Å². The third-order valence-electron chi connectivity index (χ3n) is 3.68. The average Bonchev–Trinajstić information content (AvgIpc) is 2.69. The third kappa shape index (κ3) is 1.98. The first-order valence-electron chi connectivity index (χ1n) is 6.06. The van der Waals surface area contributed by atoms with Crippen molar-refractivity contribution in [3.05, 3.63) is 33.4 Å². The van der Waals surface area contributed by atoms with Gasteiger partial charge in [-0.1, -0.05) is 11.6 Å². The second kappa shape index (κ2) is 4.53. The van der Waals surface area contributed by atoms with Crippen LogP contribution in [0.4, 0.5) is 0 Å². The Hall–Kier alpha value is -1.28. The summed E-state index contributed by atoms with van der Waals surface area (Å²) in [4.78, 5) is 0. The number of phenols is 1. The Bertz CT molecular complexity index is 484. The maximum Gasteiger partial charge on any atom is 0.122 e. The number of hydrogen-bond acceptors (Lipinski definition) is 2. The van der Waals surface area contributed by atoms with Gasteiger partial charge in [0.25, 0.3) is 0 Å². The van der Waals surface area contributed by atoms with E-state index in [0.717, 1.165) is 24.0 Å². The van der Waals surface area contributed by atoms with Gasteiger partial charge in [0, 0.05) is 12.7 Å². The average molecular weight is 232 g/mol. The van der Waals surface area contributed by atoms with Gasteiger partial charge in [0.05, 0.1) is 6.61 Å². The Morgan fingerprint density at radius 1 is 1.24 bits per heavy atom. The highest BCUT2D eigenvalue weighted by molar-refractivity contribution is 5.72. The summed E-state index contributed by atoms with van der Waals surface area (Å²) in [6.07, 6.45) is 3.94. The zero-order valence-electron chi connectivity index (χ0n) is 11.1. The van der Waals surface area contributed by atoms with Crippen LogP contribution in [0.25, 0.3) is 6.08 Å². The predicted octanol–water partition coefficient (Wildman–Crippen LogP) is 3.16. The highest BCUT2D eigenvalue weighted by Gasteiger charge is 2.21. The van der Waals surface area contributed by atoms with Crippen LogP contribution in [0.2, 0.25) is 0 Å². The number of hydrogen-bond donors (Lipinski definition) is 1. The summed E-state index contributed by atoms with van der Waals surface area (Å²) in [6.45, 7) is 6.96. The lowest BCUT2D eigenvalue weighted by Crippen LogP contribution is -2.03. The highest BCUT2D eigenvalue weighted by Crippen LogP contribution is 2.39. The molecule has 0 radical (unpaired) electrons. The van der Waals surface area contributed by atoms with Gasteiger partial charge in [0.2, 0.25) is 0 Å². The molecule has 0 aliphatic heterocycles. The summed E-state index contributed by atoms with van der Waals surface area (Å²) in [6, 6.07) is 0. The molecule has 0 spiro atoms. The van der Waals surface area contributed by atoms with E-state index in [9.17, 15) is 5.11 Å². The molecule has 1 aromatic rings. The Morgan fingerprint density at radius 2 is 1.94 bits per heavy atom. The summed E-state index contributed by atoms with van der Waals surface area (Å²) in [5.74, 6) is 0.477. The summed E-state index contributed by atoms with van der Waals surface area (Å²) in [7, 11) is 1.71. The van der Waals surface area contributed by atoms with Gasteiger partial charge in [0.1, 0.15) is 5.75 Å². The number of allylic oxidation sites excluding steroid dienone is 1. The van der Waals surface area contributed by atoms with E-state index in [2.05, 4.69) is 19.9 Å². The summed E-state index contributed by atoms with van der Waals surface area (Å²) in [5, 5.41) is 10.3. The van der Waals surface area contributed by atoms with Crippen LogP contribution in [0, 0.1) is 13.8 Å². The van der Waals surface area contributed by atoms with E-state index >= 15 is 0 Å². The van der Waals surface area contributed by atoms with Gasteiger partial charge in [-0.2, -0.15) is 0 Å². The first-order valence-corrected chi connectivity index (χ1v) is 6.06. The molecule has 1 N–H and O–H groups in total. The molecular formula is C15H20O2. The molecule has 0 amide bonds. The summed E-state index contributed by atoms with van der Waals surface area (Å²) in [5.41, 5.74) is 7.18. The van der Waals surface area contributed by atoms with Crippen molar-refractivity contribution in [3.8, 4) is 5.75 Å².